The largest absolute Gasteiger partial charge is 0.489 e. The van der Waals surface area contributed by atoms with Gasteiger partial charge in [-0.25, -0.2) is 9.97 Å². The highest BCUT2D eigenvalue weighted by Gasteiger charge is 2.25. The number of nitrogens with one attached hydrogen (secondary N) is 1. The van der Waals surface area contributed by atoms with Crippen LogP contribution < -0.4 is 19.9 Å². The predicted molar refractivity (Wildman–Crippen MR) is 133 cm³/mol. The van der Waals surface area contributed by atoms with E-state index in [0.29, 0.717) is 23.2 Å². The summed E-state index contributed by atoms with van der Waals surface area (Å²) in [6.45, 7) is 3.78. The first kappa shape index (κ1) is 22.0. The summed E-state index contributed by atoms with van der Waals surface area (Å²) in [5, 5.41) is 1.89. The summed E-state index contributed by atoms with van der Waals surface area (Å²) >= 11 is 0.882. The van der Waals surface area contributed by atoms with E-state index in [1.54, 1.807) is 18.3 Å². The second kappa shape index (κ2) is 9.96. The number of benzene rings is 2. The Kier molecular flexibility index (Phi) is 6.44. The maximum atomic E-state index is 11.8. The third-order valence-corrected chi connectivity index (χ3v) is 6.41. The summed E-state index contributed by atoms with van der Waals surface area (Å²) in [6.07, 6.45) is 3.29. The average molecular weight is 474 g/mol. The second-order valence-corrected chi connectivity index (χ2v) is 8.89. The maximum Gasteiger partial charge on any atom is 0.290 e. The molecule has 3 aromatic rings. The van der Waals surface area contributed by atoms with Crippen LogP contribution in [-0.2, 0) is 11.4 Å². The summed E-state index contributed by atoms with van der Waals surface area (Å²) in [7, 11) is 0. The van der Waals surface area contributed by atoms with Gasteiger partial charge >= 0.3 is 0 Å². The van der Waals surface area contributed by atoms with Crippen molar-refractivity contribution in [1.29, 1.82) is 0 Å². The van der Waals surface area contributed by atoms with E-state index >= 15 is 0 Å². The van der Waals surface area contributed by atoms with Crippen LogP contribution in [0.1, 0.15) is 11.3 Å². The van der Waals surface area contributed by atoms with Gasteiger partial charge in [0.05, 0.1) is 10.6 Å². The molecule has 34 heavy (non-hydrogen) atoms. The van der Waals surface area contributed by atoms with Gasteiger partial charge in [0, 0.05) is 38.1 Å². The van der Waals surface area contributed by atoms with Gasteiger partial charge in [-0.1, -0.05) is 30.3 Å². The zero-order valence-corrected chi connectivity index (χ0v) is 19.2. The van der Waals surface area contributed by atoms with Gasteiger partial charge in [0.2, 0.25) is 5.95 Å². The summed E-state index contributed by atoms with van der Waals surface area (Å²) < 4.78 is 5.89. The predicted octanol–water partition coefficient (Wildman–Crippen LogP) is 3.71. The number of amides is 2. The minimum atomic E-state index is -0.389. The number of aromatic nitrogens is 2. The summed E-state index contributed by atoms with van der Waals surface area (Å²) in [6, 6.07) is 20.0. The van der Waals surface area contributed by atoms with E-state index in [1.165, 1.54) is 0 Å². The molecule has 2 fully saturated rings. The van der Waals surface area contributed by atoms with Crippen LogP contribution in [0.25, 0.3) is 6.08 Å². The number of ether oxygens (including phenoxy) is 1. The Labute approximate surface area is 201 Å². The molecule has 3 heterocycles. The molecule has 0 radical (unpaired) electrons. The molecule has 2 aromatic carbocycles. The third-order valence-electron chi connectivity index (χ3n) is 5.60. The van der Waals surface area contributed by atoms with Crippen LogP contribution in [0, 0.1) is 0 Å². The van der Waals surface area contributed by atoms with Crippen molar-refractivity contribution < 1.29 is 14.3 Å². The number of carbonyl (C=O) groups is 2. The minimum Gasteiger partial charge on any atom is -0.489 e. The molecule has 2 aliphatic rings. The summed E-state index contributed by atoms with van der Waals surface area (Å²) in [4.78, 5) is 36.9. The van der Waals surface area contributed by atoms with Crippen molar-refractivity contribution >= 4 is 40.6 Å². The number of hydrogen-bond donors (Lipinski definition) is 1. The first-order valence-electron chi connectivity index (χ1n) is 11.0. The Balaban J connectivity index is 1.17. The van der Waals surface area contributed by atoms with E-state index < -0.39 is 0 Å². The first-order valence-corrected chi connectivity index (χ1v) is 11.8. The number of rotatable bonds is 6. The molecule has 0 atom stereocenters. The van der Waals surface area contributed by atoms with E-state index in [2.05, 4.69) is 49.4 Å². The summed E-state index contributed by atoms with van der Waals surface area (Å²) in [5.74, 6) is 1.08. The van der Waals surface area contributed by atoms with Crippen LogP contribution in [0.3, 0.4) is 0 Å². The van der Waals surface area contributed by atoms with Crippen LogP contribution >= 0.6 is 11.8 Å². The molecule has 0 unspecified atom stereocenters. The molecular formula is C25H23N5O3S. The molecule has 0 spiro atoms. The zero-order chi connectivity index (χ0) is 23.3. The quantitative estimate of drug-likeness (QED) is 0.542. The molecule has 2 saturated heterocycles. The van der Waals surface area contributed by atoms with Gasteiger partial charge in [0.25, 0.3) is 11.1 Å². The minimum absolute atomic E-state index is 0.343. The Morgan fingerprint density at radius 2 is 1.68 bits per heavy atom. The Morgan fingerprint density at radius 3 is 2.38 bits per heavy atom. The molecule has 0 aliphatic carbocycles. The molecule has 2 aliphatic heterocycles. The molecule has 0 saturated carbocycles. The van der Waals surface area contributed by atoms with Crippen LogP contribution in [0.5, 0.6) is 5.75 Å². The van der Waals surface area contributed by atoms with Crippen molar-refractivity contribution in [3.8, 4) is 5.75 Å². The highest BCUT2D eigenvalue weighted by molar-refractivity contribution is 8.18. The fraction of sp³-hybridized carbons (Fsp3) is 0.200. The van der Waals surface area contributed by atoms with Crippen molar-refractivity contribution in [3.05, 3.63) is 83.0 Å². The fourth-order valence-electron chi connectivity index (χ4n) is 3.81. The average Bonchev–Trinajstić information content (AvgIpc) is 3.20. The van der Waals surface area contributed by atoms with Crippen LogP contribution in [-0.4, -0.2) is 47.3 Å². The second-order valence-electron chi connectivity index (χ2n) is 7.88. The van der Waals surface area contributed by atoms with Crippen LogP contribution in [0.2, 0.25) is 0 Å². The Morgan fingerprint density at radius 1 is 0.941 bits per heavy atom. The molecule has 172 valence electrons. The molecule has 1 aromatic heterocycles. The lowest BCUT2D eigenvalue weighted by Gasteiger charge is -2.36. The van der Waals surface area contributed by atoms with Crippen molar-refractivity contribution in [3.63, 3.8) is 0 Å². The number of anilines is 2. The SMILES string of the molecule is O=C1NC(=O)/C(=C/c2ccnc(N3CCN(c4ccc(OCc5ccccc5)cc4)CC3)n2)S1. The lowest BCUT2D eigenvalue weighted by atomic mass is 10.2. The van der Waals surface area contributed by atoms with E-state index in [9.17, 15) is 9.59 Å². The number of thioether (sulfide) groups is 1. The van der Waals surface area contributed by atoms with Crippen LogP contribution in [0.4, 0.5) is 16.4 Å². The zero-order valence-electron chi connectivity index (χ0n) is 18.4. The lowest BCUT2D eigenvalue weighted by molar-refractivity contribution is -0.115. The molecule has 2 amide bonds. The molecule has 8 nitrogen and oxygen atoms in total. The van der Waals surface area contributed by atoms with E-state index in [-0.39, 0.29) is 11.1 Å². The van der Waals surface area contributed by atoms with Gasteiger partial charge < -0.3 is 14.5 Å². The van der Waals surface area contributed by atoms with Gasteiger partial charge in [-0.2, -0.15) is 0 Å². The number of hydrogen-bond acceptors (Lipinski definition) is 8. The highest BCUT2D eigenvalue weighted by Crippen LogP contribution is 2.26. The van der Waals surface area contributed by atoms with E-state index in [4.69, 9.17) is 4.74 Å². The smallest absolute Gasteiger partial charge is 0.290 e. The monoisotopic (exact) mass is 473 g/mol. The summed E-state index contributed by atoms with van der Waals surface area (Å²) in [5.41, 5.74) is 2.90. The Hall–Kier alpha value is -3.85. The topological polar surface area (TPSA) is 87.7 Å². The van der Waals surface area contributed by atoms with Gasteiger partial charge in [0.15, 0.2) is 0 Å². The Bertz CT molecular complexity index is 1210. The number of carbonyl (C=O) groups excluding carboxylic acids is 2. The van der Waals surface area contributed by atoms with E-state index in [0.717, 1.165) is 54.9 Å². The van der Waals surface area contributed by atoms with Crippen molar-refractivity contribution in [2.24, 2.45) is 0 Å². The van der Waals surface area contributed by atoms with Gasteiger partial charge in [-0.15, -0.1) is 0 Å². The number of imide groups is 1. The fourth-order valence-corrected chi connectivity index (χ4v) is 4.48. The highest BCUT2D eigenvalue weighted by atomic mass is 32.2. The van der Waals surface area contributed by atoms with Crippen molar-refractivity contribution in [2.75, 3.05) is 36.0 Å². The molecule has 5 rings (SSSR count). The number of piperazine rings is 1. The maximum absolute atomic E-state index is 11.8. The van der Waals surface area contributed by atoms with E-state index in [1.807, 2.05) is 30.3 Å². The normalized spacial score (nSPS) is 17.2. The van der Waals surface area contributed by atoms with Crippen molar-refractivity contribution in [2.45, 2.75) is 6.61 Å². The molecule has 1 N–H and O–H groups in total. The molecular weight excluding hydrogens is 450 g/mol. The van der Waals surface area contributed by atoms with Gasteiger partial charge in [-0.3, -0.25) is 14.9 Å². The lowest BCUT2D eigenvalue weighted by Crippen LogP contribution is -2.47. The third kappa shape index (κ3) is 5.20. The molecule has 0 bridgehead atoms. The number of nitrogens with zero attached hydrogens (tertiary/aromatic N) is 4. The standard InChI is InChI=1S/C25H23N5O3S/c31-23-22(34-25(32)28-23)16-19-10-11-26-24(27-19)30-14-12-29(13-15-30)20-6-8-21(9-7-20)33-17-18-4-2-1-3-5-18/h1-11,16H,12-15,17H2,(H,28,31,32)/b22-16-. The van der Waals surface area contributed by atoms with Crippen molar-refractivity contribution in [1.82, 2.24) is 15.3 Å². The van der Waals surface area contributed by atoms with Gasteiger partial charge in [-0.05, 0) is 53.7 Å². The van der Waals surface area contributed by atoms with Gasteiger partial charge in [0.1, 0.15) is 12.4 Å². The first-order chi connectivity index (χ1) is 16.6. The molecule has 9 heteroatoms. The van der Waals surface area contributed by atoms with Crippen LogP contribution in [0.15, 0.2) is 71.8 Å².